The van der Waals surface area contributed by atoms with E-state index in [9.17, 15) is 0 Å². The summed E-state index contributed by atoms with van der Waals surface area (Å²) in [6, 6.07) is 3.67. The maximum atomic E-state index is 5.67. The van der Waals surface area contributed by atoms with Crippen LogP contribution in [0.3, 0.4) is 0 Å². The molecule has 1 aliphatic rings. The normalized spacial score (nSPS) is 20.1. The van der Waals surface area contributed by atoms with Gasteiger partial charge in [0.05, 0.1) is 12.2 Å². The van der Waals surface area contributed by atoms with E-state index in [1.54, 1.807) is 6.20 Å². The van der Waals surface area contributed by atoms with Crippen molar-refractivity contribution in [3.63, 3.8) is 0 Å². The molecule has 16 heavy (non-hydrogen) atoms. The highest BCUT2D eigenvalue weighted by molar-refractivity contribution is 5.39. The number of hydrogen-bond donors (Lipinski definition) is 1. The molecule has 1 aromatic heterocycles. The van der Waals surface area contributed by atoms with Crippen LogP contribution in [0, 0.1) is 18.3 Å². The van der Waals surface area contributed by atoms with Gasteiger partial charge in [0.15, 0.2) is 0 Å². The lowest BCUT2D eigenvalue weighted by atomic mass is 10.0. The van der Waals surface area contributed by atoms with Crippen LogP contribution in [0.25, 0.3) is 0 Å². The predicted octanol–water partition coefficient (Wildman–Crippen LogP) is 1.44. The van der Waals surface area contributed by atoms with Gasteiger partial charge in [-0.2, -0.15) is 0 Å². The lowest BCUT2D eigenvalue weighted by molar-refractivity contribution is 0.211. The second-order valence-corrected chi connectivity index (χ2v) is 4.02. The molecular weight excluding hydrogens is 200 g/mol. The van der Waals surface area contributed by atoms with Gasteiger partial charge in [-0.05, 0) is 31.5 Å². The summed E-state index contributed by atoms with van der Waals surface area (Å²) in [6.07, 6.45) is 9.51. The van der Waals surface area contributed by atoms with Gasteiger partial charge in [-0.15, -0.1) is 6.42 Å². The number of aromatic nitrogens is 1. The van der Waals surface area contributed by atoms with E-state index in [4.69, 9.17) is 11.2 Å². The summed E-state index contributed by atoms with van der Waals surface area (Å²) in [5.41, 5.74) is 0.728. The van der Waals surface area contributed by atoms with Gasteiger partial charge in [0.1, 0.15) is 0 Å². The summed E-state index contributed by atoms with van der Waals surface area (Å²) < 4.78 is 5.67. The number of nitrogens with one attached hydrogen (secondary N) is 1. The Morgan fingerprint density at radius 2 is 2.56 bits per heavy atom. The van der Waals surface area contributed by atoms with Crippen molar-refractivity contribution in [3.8, 4) is 18.2 Å². The number of nitrogens with zero attached hydrogens (tertiary/aromatic N) is 1. The number of hydrogen-bond acceptors (Lipinski definition) is 3. The molecular formula is C13H16N2O. The quantitative estimate of drug-likeness (QED) is 0.776. The first-order chi connectivity index (χ1) is 7.90. The molecule has 1 saturated heterocycles. The Morgan fingerprint density at radius 3 is 3.31 bits per heavy atom. The Bertz CT molecular complexity index is 378. The first-order valence-electron chi connectivity index (χ1n) is 5.65. The van der Waals surface area contributed by atoms with Gasteiger partial charge in [-0.1, -0.05) is 5.92 Å². The number of rotatable bonds is 3. The molecule has 0 amide bonds. The van der Waals surface area contributed by atoms with Gasteiger partial charge in [0.2, 0.25) is 5.88 Å². The van der Waals surface area contributed by atoms with Crippen molar-refractivity contribution >= 4 is 0 Å². The van der Waals surface area contributed by atoms with E-state index in [0.717, 1.165) is 18.7 Å². The zero-order valence-corrected chi connectivity index (χ0v) is 9.28. The molecule has 2 rings (SSSR count). The first kappa shape index (κ1) is 11.0. The average molecular weight is 216 g/mol. The molecule has 0 aliphatic carbocycles. The molecule has 0 bridgehead atoms. The predicted molar refractivity (Wildman–Crippen MR) is 63.3 cm³/mol. The van der Waals surface area contributed by atoms with E-state index in [1.807, 2.05) is 12.1 Å². The molecule has 3 heteroatoms. The first-order valence-corrected chi connectivity index (χ1v) is 5.65. The van der Waals surface area contributed by atoms with Crippen LogP contribution in [0.2, 0.25) is 0 Å². The summed E-state index contributed by atoms with van der Waals surface area (Å²) in [6.45, 7) is 2.84. The largest absolute Gasteiger partial charge is 0.476 e. The Labute approximate surface area is 96.2 Å². The SMILES string of the molecule is C#Cc1cccnc1OCC1CCCNC1. The van der Waals surface area contributed by atoms with E-state index in [2.05, 4.69) is 16.2 Å². The highest BCUT2D eigenvalue weighted by Gasteiger charge is 2.14. The minimum absolute atomic E-state index is 0.571. The summed E-state index contributed by atoms with van der Waals surface area (Å²) in [5.74, 6) is 3.73. The molecule has 1 unspecified atom stereocenters. The molecule has 1 aromatic rings. The summed E-state index contributed by atoms with van der Waals surface area (Å²) in [4.78, 5) is 4.15. The second-order valence-electron chi connectivity index (χ2n) is 4.02. The molecule has 1 N–H and O–H groups in total. The molecule has 0 aromatic carbocycles. The van der Waals surface area contributed by atoms with Crippen molar-refractivity contribution in [2.75, 3.05) is 19.7 Å². The van der Waals surface area contributed by atoms with Crippen LogP contribution < -0.4 is 10.1 Å². The van der Waals surface area contributed by atoms with Gasteiger partial charge in [0, 0.05) is 18.7 Å². The molecule has 1 fully saturated rings. The van der Waals surface area contributed by atoms with Crippen LogP contribution in [0.5, 0.6) is 5.88 Å². The Morgan fingerprint density at radius 1 is 1.62 bits per heavy atom. The number of ether oxygens (including phenoxy) is 1. The average Bonchev–Trinajstić information content (AvgIpc) is 2.38. The highest BCUT2D eigenvalue weighted by Crippen LogP contribution is 2.16. The topological polar surface area (TPSA) is 34.1 Å². The maximum Gasteiger partial charge on any atom is 0.229 e. The van der Waals surface area contributed by atoms with Crippen molar-refractivity contribution in [3.05, 3.63) is 23.9 Å². The van der Waals surface area contributed by atoms with E-state index >= 15 is 0 Å². The van der Waals surface area contributed by atoms with Gasteiger partial charge < -0.3 is 10.1 Å². The standard InChI is InChI=1S/C13H16N2O/c1-2-12-6-4-8-15-13(12)16-10-11-5-3-7-14-9-11/h1,4,6,8,11,14H,3,5,7,9-10H2. The van der Waals surface area contributed by atoms with E-state index < -0.39 is 0 Å². The van der Waals surface area contributed by atoms with E-state index in [0.29, 0.717) is 18.4 Å². The number of terminal acetylenes is 1. The minimum Gasteiger partial charge on any atom is -0.476 e. The fraction of sp³-hybridized carbons (Fsp3) is 0.462. The minimum atomic E-state index is 0.571. The summed E-state index contributed by atoms with van der Waals surface area (Å²) in [5, 5.41) is 3.36. The molecule has 2 heterocycles. The molecule has 84 valence electrons. The fourth-order valence-electron chi connectivity index (χ4n) is 1.88. The number of pyridine rings is 1. The van der Waals surface area contributed by atoms with Gasteiger partial charge >= 0.3 is 0 Å². The number of piperidine rings is 1. The lowest BCUT2D eigenvalue weighted by Crippen LogP contribution is -2.33. The Balaban J connectivity index is 1.91. The third-order valence-corrected chi connectivity index (χ3v) is 2.78. The van der Waals surface area contributed by atoms with Crippen LogP contribution in [0.15, 0.2) is 18.3 Å². The zero-order chi connectivity index (χ0) is 11.2. The van der Waals surface area contributed by atoms with Crippen molar-refractivity contribution in [2.45, 2.75) is 12.8 Å². The molecule has 0 spiro atoms. The van der Waals surface area contributed by atoms with Crippen molar-refractivity contribution in [1.82, 2.24) is 10.3 Å². The van der Waals surface area contributed by atoms with Gasteiger partial charge in [-0.3, -0.25) is 0 Å². The fourth-order valence-corrected chi connectivity index (χ4v) is 1.88. The van der Waals surface area contributed by atoms with Gasteiger partial charge in [0.25, 0.3) is 0 Å². The summed E-state index contributed by atoms with van der Waals surface area (Å²) in [7, 11) is 0. The molecule has 1 aliphatic heterocycles. The maximum absolute atomic E-state index is 5.67. The van der Waals surface area contributed by atoms with Crippen molar-refractivity contribution in [2.24, 2.45) is 5.92 Å². The summed E-state index contributed by atoms with van der Waals surface area (Å²) >= 11 is 0. The van der Waals surface area contributed by atoms with Crippen LogP contribution in [-0.4, -0.2) is 24.7 Å². The monoisotopic (exact) mass is 216 g/mol. The van der Waals surface area contributed by atoms with Crippen LogP contribution in [0.1, 0.15) is 18.4 Å². The molecule has 0 saturated carbocycles. The van der Waals surface area contributed by atoms with Gasteiger partial charge in [-0.25, -0.2) is 4.98 Å². The van der Waals surface area contributed by atoms with Crippen LogP contribution in [0.4, 0.5) is 0 Å². The Hall–Kier alpha value is -1.53. The van der Waals surface area contributed by atoms with E-state index in [1.165, 1.54) is 12.8 Å². The van der Waals surface area contributed by atoms with Crippen LogP contribution >= 0.6 is 0 Å². The van der Waals surface area contributed by atoms with Crippen molar-refractivity contribution < 1.29 is 4.74 Å². The lowest BCUT2D eigenvalue weighted by Gasteiger charge is -2.22. The third-order valence-electron chi connectivity index (χ3n) is 2.78. The molecule has 3 nitrogen and oxygen atoms in total. The van der Waals surface area contributed by atoms with E-state index in [-0.39, 0.29) is 0 Å². The Kier molecular flexibility index (Phi) is 3.79. The molecule has 0 radical (unpaired) electrons. The third kappa shape index (κ3) is 2.74. The highest BCUT2D eigenvalue weighted by atomic mass is 16.5. The van der Waals surface area contributed by atoms with Crippen LogP contribution in [-0.2, 0) is 0 Å². The zero-order valence-electron chi connectivity index (χ0n) is 9.28. The second kappa shape index (κ2) is 5.53. The smallest absolute Gasteiger partial charge is 0.229 e. The molecule has 1 atom stereocenters. The van der Waals surface area contributed by atoms with Crippen molar-refractivity contribution in [1.29, 1.82) is 0 Å².